The summed E-state index contributed by atoms with van der Waals surface area (Å²) in [6.45, 7) is 0.739. The fourth-order valence-corrected chi connectivity index (χ4v) is 4.57. The molecule has 3 aromatic rings. The number of alkyl halides is 3. The van der Waals surface area contributed by atoms with Crippen molar-refractivity contribution >= 4 is 11.7 Å². The normalized spacial score (nSPS) is 15.6. The second-order valence-corrected chi connectivity index (χ2v) is 8.34. The van der Waals surface area contributed by atoms with E-state index >= 15 is 0 Å². The number of methoxy groups -OCH3 is 1. The number of hydrogen-bond donors (Lipinski definition) is 0. The van der Waals surface area contributed by atoms with Crippen LogP contribution in [0.4, 0.5) is 18.9 Å². The number of halogens is 3. The molecule has 0 unspecified atom stereocenters. The summed E-state index contributed by atoms with van der Waals surface area (Å²) in [5.41, 5.74) is 1.03. The second-order valence-electron chi connectivity index (χ2n) is 8.34. The van der Waals surface area contributed by atoms with Crippen molar-refractivity contribution in [1.82, 2.24) is 9.55 Å². The quantitative estimate of drug-likeness (QED) is 0.520. The van der Waals surface area contributed by atoms with Crippen molar-refractivity contribution in [2.24, 2.45) is 7.05 Å². The highest BCUT2D eigenvalue weighted by atomic mass is 19.4. The van der Waals surface area contributed by atoms with Crippen molar-refractivity contribution < 1.29 is 22.7 Å². The van der Waals surface area contributed by atoms with E-state index in [1.54, 1.807) is 6.20 Å². The lowest BCUT2D eigenvalue weighted by Crippen LogP contribution is -2.48. The molecule has 176 valence electrons. The van der Waals surface area contributed by atoms with Crippen molar-refractivity contribution in [1.29, 1.82) is 5.26 Å². The van der Waals surface area contributed by atoms with Gasteiger partial charge in [-0.15, -0.1) is 0 Å². The van der Waals surface area contributed by atoms with Gasteiger partial charge < -0.3 is 14.2 Å². The number of hydrogen-bond acceptors (Lipinski definition) is 5. The van der Waals surface area contributed by atoms with Crippen LogP contribution < -0.4 is 4.90 Å². The fraction of sp³-hybridized carbons (Fsp3) is 0.320. The Labute approximate surface area is 195 Å². The van der Waals surface area contributed by atoms with Gasteiger partial charge in [-0.3, -0.25) is 9.78 Å². The smallest absolute Gasteiger partial charge is 0.416 e. The van der Waals surface area contributed by atoms with Gasteiger partial charge in [0.2, 0.25) is 0 Å². The topological polar surface area (TPSA) is 71.2 Å². The van der Waals surface area contributed by atoms with Crippen LogP contribution in [0.2, 0.25) is 0 Å². The Morgan fingerprint density at radius 1 is 1.18 bits per heavy atom. The van der Waals surface area contributed by atoms with Gasteiger partial charge in [0.25, 0.3) is 0 Å². The first-order valence-corrected chi connectivity index (χ1v) is 10.7. The van der Waals surface area contributed by atoms with Crippen LogP contribution in [0.1, 0.15) is 29.5 Å². The van der Waals surface area contributed by atoms with Crippen LogP contribution in [-0.4, -0.2) is 35.7 Å². The summed E-state index contributed by atoms with van der Waals surface area (Å²) in [7, 11) is 3.26. The largest absolute Gasteiger partial charge is 0.468 e. The van der Waals surface area contributed by atoms with E-state index in [1.165, 1.54) is 13.2 Å². The fourth-order valence-electron chi connectivity index (χ4n) is 4.57. The summed E-state index contributed by atoms with van der Waals surface area (Å²) in [4.78, 5) is 19.3. The maximum Gasteiger partial charge on any atom is 0.416 e. The van der Waals surface area contributed by atoms with Crippen LogP contribution in [0.15, 0.2) is 54.9 Å². The predicted molar refractivity (Wildman–Crippen MR) is 120 cm³/mol. The molecule has 3 heterocycles. The lowest BCUT2D eigenvalue weighted by atomic mass is 9.73. The summed E-state index contributed by atoms with van der Waals surface area (Å²) in [5, 5.41) is 9.44. The number of carbonyl (C=O) groups excluding carboxylic acids is 1. The summed E-state index contributed by atoms with van der Waals surface area (Å²) >= 11 is 0. The first-order chi connectivity index (χ1) is 16.2. The monoisotopic (exact) mass is 468 g/mol. The van der Waals surface area contributed by atoms with E-state index in [1.807, 2.05) is 53.0 Å². The Kier molecular flexibility index (Phi) is 6.09. The molecule has 1 aliphatic heterocycles. The number of nitriles is 1. The number of benzene rings is 1. The third kappa shape index (κ3) is 4.12. The number of pyridine rings is 1. The van der Waals surface area contributed by atoms with Gasteiger partial charge in [0.05, 0.1) is 40.7 Å². The molecular formula is C25H23F3N4O2. The Balaban J connectivity index is 1.60. The van der Waals surface area contributed by atoms with Crippen molar-refractivity contribution in [2.45, 2.75) is 24.4 Å². The van der Waals surface area contributed by atoms with Crippen LogP contribution in [0, 0.1) is 11.3 Å². The molecule has 34 heavy (non-hydrogen) atoms. The van der Waals surface area contributed by atoms with Gasteiger partial charge in [-0.2, -0.15) is 18.4 Å². The zero-order chi connectivity index (χ0) is 24.5. The van der Waals surface area contributed by atoms with E-state index in [2.05, 4.69) is 4.98 Å². The Morgan fingerprint density at radius 2 is 1.91 bits per heavy atom. The summed E-state index contributed by atoms with van der Waals surface area (Å²) in [5.74, 6) is -0.381. The minimum absolute atomic E-state index is 0.0472. The number of anilines is 1. The van der Waals surface area contributed by atoms with Gasteiger partial charge in [-0.05, 0) is 54.8 Å². The molecule has 1 aromatic carbocycles. The van der Waals surface area contributed by atoms with Crippen LogP contribution in [0.3, 0.4) is 0 Å². The highest BCUT2D eigenvalue weighted by molar-refractivity contribution is 5.84. The number of carbonyl (C=O) groups is 1. The molecule has 0 N–H and O–H groups in total. The average molecular weight is 468 g/mol. The third-order valence-corrected chi connectivity index (χ3v) is 6.50. The number of rotatable bonds is 4. The van der Waals surface area contributed by atoms with Gasteiger partial charge in [0.1, 0.15) is 6.07 Å². The van der Waals surface area contributed by atoms with Crippen LogP contribution in [-0.2, 0) is 28.2 Å². The van der Waals surface area contributed by atoms with Crippen LogP contribution in [0.25, 0.3) is 11.4 Å². The van der Waals surface area contributed by atoms with Gasteiger partial charge in [-0.25, -0.2) is 0 Å². The summed E-state index contributed by atoms with van der Waals surface area (Å²) in [6.07, 6.45) is -0.167. The van der Waals surface area contributed by atoms with Gasteiger partial charge in [0.15, 0.2) is 0 Å². The van der Waals surface area contributed by atoms with E-state index in [0.717, 1.165) is 29.1 Å². The molecule has 0 aliphatic carbocycles. The zero-order valence-electron chi connectivity index (χ0n) is 18.8. The standard InChI is InChI=1S/C25H23F3N4O2/c1-31-11-3-4-22(31)20-7-5-19(16-30-20)24(23(33)34-2)9-12-32(13-10-24)21-8-6-18(25(26,27)28)14-17(21)15-29/h3-8,11,14,16H,9-10,12-13H2,1-2H3. The van der Waals surface area contributed by atoms with Crippen molar-refractivity contribution in [3.05, 3.63) is 71.5 Å². The van der Waals surface area contributed by atoms with Crippen molar-refractivity contribution in [3.63, 3.8) is 0 Å². The maximum atomic E-state index is 13.1. The highest BCUT2D eigenvalue weighted by Gasteiger charge is 2.44. The number of aryl methyl sites for hydroxylation is 1. The molecule has 0 spiro atoms. The molecule has 6 nitrogen and oxygen atoms in total. The molecule has 1 saturated heterocycles. The van der Waals surface area contributed by atoms with E-state index < -0.39 is 17.2 Å². The van der Waals surface area contributed by atoms with Crippen molar-refractivity contribution in [2.75, 3.05) is 25.1 Å². The van der Waals surface area contributed by atoms with Gasteiger partial charge >= 0.3 is 12.1 Å². The maximum absolute atomic E-state index is 13.1. The number of nitrogens with zero attached hydrogens (tertiary/aromatic N) is 4. The molecular weight excluding hydrogens is 445 g/mol. The van der Waals surface area contributed by atoms with E-state index in [4.69, 9.17) is 4.74 Å². The Bertz CT molecular complexity index is 1230. The second kappa shape index (κ2) is 8.86. The number of piperidine rings is 1. The summed E-state index contributed by atoms with van der Waals surface area (Å²) in [6, 6.07) is 12.7. The minimum Gasteiger partial charge on any atom is -0.468 e. The third-order valence-electron chi connectivity index (χ3n) is 6.50. The highest BCUT2D eigenvalue weighted by Crippen LogP contribution is 2.40. The van der Waals surface area contributed by atoms with Gasteiger partial charge in [-0.1, -0.05) is 6.07 Å². The van der Waals surface area contributed by atoms with E-state index in [9.17, 15) is 23.2 Å². The molecule has 0 bridgehead atoms. The molecule has 9 heteroatoms. The molecule has 0 radical (unpaired) electrons. The summed E-state index contributed by atoms with van der Waals surface area (Å²) < 4.78 is 46.3. The lowest BCUT2D eigenvalue weighted by molar-refractivity contribution is -0.148. The molecule has 0 amide bonds. The van der Waals surface area contributed by atoms with E-state index in [-0.39, 0.29) is 11.5 Å². The van der Waals surface area contributed by atoms with Crippen molar-refractivity contribution in [3.8, 4) is 17.5 Å². The van der Waals surface area contributed by atoms with E-state index in [0.29, 0.717) is 31.6 Å². The molecule has 1 aliphatic rings. The molecule has 0 saturated carbocycles. The Hall–Kier alpha value is -3.80. The molecule has 2 aromatic heterocycles. The Morgan fingerprint density at radius 3 is 2.44 bits per heavy atom. The first-order valence-electron chi connectivity index (χ1n) is 10.7. The molecule has 4 rings (SSSR count). The lowest BCUT2D eigenvalue weighted by Gasteiger charge is -2.41. The number of esters is 1. The zero-order valence-corrected chi connectivity index (χ0v) is 18.8. The van der Waals surface area contributed by atoms with Crippen LogP contribution >= 0.6 is 0 Å². The number of aromatic nitrogens is 2. The van der Waals surface area contributed by atoms with Gasteiger partial charge in [0, 0.05) is 32.5 Å². The van der Waals surface area contributed by atoms with Crippen LogP contribution in [0.5, 0.6) is 0 Å². The minimum atomic E-state index is -4.52. The predicted octanol–water partition coefficient (Wildman–Crippen LogP) is 4.69. The average Bonchev–Trinajstić information content (AvgIpc) is 3.28. The SMILES string of the molecule is COC(=O)C1(c2ccc(-c3cccn3C)nc2)CCN(c2ccc(C(F)(F)F)cc2C#N)CC1. The first kappa shape index (κ1) is 23.4. The molecule has 0 atom stereocenters. The molecule has 1 fully saturated rings. The number of ether oxygens (including phenoxy) is 1.